The normalized spacial score (nSPS) is 12.5. The van der Waals surface area contributed by atoms with Crippen molar-refractivity contribution in [2.75, 3.05) is 20.8 Å². The van der Waals surface area contributed by atoms with Gasteiger partial charge in [0.1, 0.15) is 23.8 Å². The highest BCUT2D eigenvalue weighted by atomic mass is 28.4. The smallest absolute Gasteiger partial charge is 0.416 e. The summed E-state index contributed by atoms with van der Waals surface area (Å²) >= 11 is 0. The lowest BCUT2D eigenvalue weighted by Gasteiger charge is -2.36. The molecule has 1 unspecified atom stereocenters. The molecule has 2 aromatic rings. The van der Waals surface area contributed by atoms with E-state index in [0.717, 1.165) is 11.3 Å². The largest absolute Gasteiger partial charge is 0.544 e. The summed E-state index contributed by atoms with van der Waals surface area (Å²) in [6, 6.07) is 13.8. The summed E-state index contributed by atoms with van der Waals surface area (Å²) in [7, 11) is 0.882. The zero-order valence-electron chi connectivity index (χ0n) is 20.8. The average molecular weight is 474 g/mol. The fourth-order valence-corrected chi connectivity index (χ4v) is 3.84. The first-order valence-corrected chi connectivity index (χ1v) is 13.8. The molecule has 0 aliphatic heterocycles. The molecule has 0 aliphatic carbocycles. The SMILES string of the molecule is COC(=O)CN(C(=O)Oc1ccc(OC)cc1)C(C)c1ccc(O[Si](C)(C)C(C)(C)C)cc1. The molecule has 1 atom stereocenters. The van der Waals surface area contributed by atoms with Gasteiger partial charge in [0.15, 0.2) is 0 Å². The number of methoxy groups -OCH3 is 2. The summed E-state index contributed by atoms with van der Waals surface area (Å²) in [4.78, 5) is 26.3. The van der Waals surface area contributed by atoms with Crippen LogP contribution in [0.5, 0.6) is 17.2 Å². The van der Waals surface area contributed by atoms with Crippen LogP contribution in [0.25, 0.3) is 0 Å². The molecule has 7 nitrogen and oxygen atoms in total. The fraction of sp³-hybridized carbons (Fsp3) is 0.440. The number of esters is 1. The van der Waals surface area contributed by atoms with Gasteiger partial charge in [0.05, 0.1) is 20.3 Å². The van der Waals surface area contributed by atoms with E-state index in [4.69, 9.17) is 18.6 Å². The van der Waals surface area contributed by atoms with Crippen LogP contribution >= 0.6 is 0 Å². The number of rotatable bonds is 8. The first kappa shape index (κ1) is 26.3. The Kier molecular flexibility index (Phi) is 8.55. The standard InChI is InChI=1S/C25H35NO6Si/c1-18(19-9-11-22(12-10-19)32-33(7,8)25(2,3)4)26(17-23(27)30-6)24(28)31-21-15-13-20(29-5)14-16-21/h9-16,18H,17H2,1-8H3. The van der Waals surface area contributed by atoms with Gasteiger partial charge in [-0.05, 0) is 67.0 Å². The van der Waals surface area contributed by atoms with E-state index in [1.807, 2.05) is 31.2 Å². The molecule has 180 valence electrons. The van der Waals surface area contributed by atoms with Crippen LogP contribution in [0.1, 0.15) is 39.3 Å². The molecule has 0 aliphatic rings. The molecular formula is C25H35NO6Si. The molecule has 1 amide bonds. The number of benzene rings is 2. The van der Waals surface area contributed by atoms with Gasteiger partial charge >= 0.3 is 12.1 Å². The number of ether oxygens (including phenoxy) is 3. The van der Waals surface area contributed by atoms with Crippen molar-refractivity contribution in [2.24, 2.45) is 0 Å². The highest BCUT2D eigenvalue weighted by molar-refractivity contribution is 6.74. The third-order valence-corrected chi connectivity index (χ3v) is 10.4. The van der Waals surface area contributed by atoms with E-state index in [1.54, 1.807) is 31.4 Å². The Balaban J connectivity index is 2.20. The van der Waals surface area contributed by atoms with Gasteiger partial charge in [-0.3, -0.25) is 9.69 Å². The van der Waals surface area contributed by atoms with Crippen molar-refractivity contribution in [3.8, 4) is 17.2 Å². The quantitative estimate of drug-likeness (QED) is 0.356. The minimum absolute atomic E-state index is 0.0848. The Morgan fingerprint density at radius 2 is 1.42 bits per heavy atom. The molecule has 0 heterocycles. The zero-order valence-corrected chi connectivity index (χ0v) is 21.8. The summed E-state index contributed by atoms with van der Waals surface area (Å²) in [5.41, 5.74) is 0.841. The Morgan fingerprint density at radius 1 is 0.909 bits per heavy atom. The molecular weight excluding hydrogens is 438 g/mol. The maximum absolute atomic E-state index is 12.9. The average Bonchev–Trinajstić information content (AvgIpc) is 2.76. The molecule has 0 radical (unpaired) electrons. The third-order valence-electron chi connectivity index (χ3n) is 6.04. The number of nitrogens with zero attached hydrogens (tertiary/aromatic N) is 1. The van der Waals surface area contributed by atoms with E-state index in [2.05, 4.69) is 33.9 Å². The highest BCUT2D eigenvalue weighted by Gasteiger charge is 2.39. The van der Waals surface area contributed by atoms with Crippen molar-refractivity contribution >= 4 is 20.4 Å². The van der Waals surface area contributed by atoms with Crippen molar-refractivity contribution in [1.29, 1.82) is 0 Å². The lowest BCUT2D eigenvalue weighted by Crippen LogP contribution is -2.43. The molecule has 0 spiro atoms. The molecule has 0 fully saturated rings. The second-order valence-electron chi connectivity index (χ2n) is 9.35. The lowest BCUT2D eigenvalue weighted by atomic mass is 10.1. The molecule has 2 rings (SSSR count). The summed E-state index contributed by atoms with van der Waals surface area (Å²) in [5, 5.41) is 0.0848. The van der Waals surface area contributed by atoms with E-state index in [1.165, 1.54) is 12.0 Å². The fourth-order valence-electron chi connectivity index (χ4n) is 2.81. The minimum Gasteiger partial charge on any atom is -0.544 e. The number of amides is 1. The van der Waals surface area contributed by atoms with Crippen molar-refractivity contribution in [3.63, 3.8) is 0 Å². The molecule has 2 aromatic carbocycles. The zero-order chi connectivity index (χ0) is 24.8. The molecule has 33 heavy (non-hydrogen) atoms. The molecule has 0 saturated heterocycles. The van der Waals surface area contributed by atoms with Crippen LogP contribution in [-0.4, -0.2) is 46.0 Å². The third kappa shape index (κ3) is 6.99. The lowest BCUT2D eigenvalue weighted by molar-refractivity contribution is -0.141. The van der Waals surface area contributed by atoms with E-state index >= 15 is 0 Å². The topological polar surface area (TPSA) is 74.3 Å². The van der Waals surface area contributed by atoms with Crippen LogP contribution in [0, 0.1) is 0 Å². The van der Waals surface area contributed by atoms with Gasteiger partial charge in [-0.15, -0.1) is 0 Å². The van der Waals surface area contributed by atoms with Gasteiger partial charge < -0.3 is 18.6 Å². The molecule has 8 heteroatoms. The molecule has 0 bridgehead atoms. The number of hydrogen-bond acceptors (Lipinski definition) is 6. The Labute approximate surface area is 197 Å². The van der Waals surface area contributed by atoms with E-state index in [-0.39, 0.29) is 11.6 Å². The van der Waals surface area contributed by atoms with Crippen LogP contribution in [0.4, 0.5) is 4.79 Å². The summed E-state index contributed by atoms with van der Waals surface area (Å²) in [6.45, 7) is 12.5. The van der Waals surface area contributed by atoms with Gasteiger partial charge in [-0.1, -0.05) is 32.9 Å². The van der Waals surface area contributed by atoms with Crippen LogP contribution in [-0.2, 0) is 9.53 Å². The summed E-state index contributed by atoms with van der Waals surface area (Å²) < 4.78 is 21.7. The van der Waals surface area contributed by atoms with Crippen LogP contribution in [0.2, 0.25) is 18.1 Å². The number of carbonyl (C=O) groups is 2. The first-order valence-electron chi connectivity index (χ1n) is 10.9. The van der Waals surface area contributed by atoms with Gasteiger partial charge in [0.25, 0.3) is 0 Å². The summed E-state index contributed by atoms with van der Waals surface area (Å²) in [5.74, 6) is 1.25. The van der Waals surface area contributed by atoms with Gasteiger partial charge in [-0.25, -0.2) is 4.79 Å². The maximum atomic E-state index is 12.9. The number of hydrogen-bond donors (Lipinski definition) is 0. The van der Waals surface area contributed by atoms with Crippen LogP contribution < -0.4 is 13.9 Å². The van der Waals surface area contributed by atoms with Crippen molar-refractivity contribution < 1.29 is 28.2 Å². The highest BCUT2D eigenvalue weighted by Crippen LogP contribution is 2.37. The molecule has 0 aromatic heterocycles. The second-order valence-corrected chi connectivity index (χ2v) is 14.1. The predicted octanol–water partition coefficient (Wildman–Crippen LogP) is 5.81. The number of carbonyl (C=O) groups excluding carboxylic acids is 2. The van der Waals surface area contributed by atoms with Crippen LogP contribution in [0.15, 0.2) is 48.5 Å². The molecule has 0 saturated carbocycles. The Morgan fingerprint density at radius 3 is 1.91 bits per heavy atom. The van der Waals surface area contributed by atoms with Crippen molar-refractivity contribution in [3.05, 3.63) is 54.1 Å². The van der Waals surface area contributed by atoms with E-state index < -0.39 is 26.4 Å². The maximum Gasteiger partial charge on any atom is 0.416 e. The van der Waals surface area contributed by atoms with Gasteiger partial charge in [-0.2, -0.15) is 0 Å². The van der Waals surface area contributed by atoms with E-state index in [0.29, 0.717) is 11.5 Å². The predicted molar refractivity (Wildman–Crippen MR) is 130 cm³/mol. The Hall–Kier alpha value is -3.00. The monoisotopic (exact) mass is 473 g/mol. The summed E-state index contributed by atoms with van der Waals surface area (Å²) in [6.07, 6.45) is -0.653. The van der Waals surface area contributed by atoms with Crippen molar-refractivity contribution in [2.45, 2.75) is 51.9 Å². The van der Waals surface area contributed by atoms with Gasteiger partial charge in [0, 0.05) is 0 Å². The second kappa shape index (κ2) is 10.7. The minimum atomic E-state index is -1.96. The van der Waals surface area contributed by atoms with E-state index in [9.17, 15) is 9.59 Å². The molecule has 0 N–H and O–H groups in total. The van der Waals surface area contributed by atoms with Crippen LogP contribution in [0.3, 0.4) is 0 Å². The van der Waals surface area contributed by atoms with Gasteiger partial charge in [0.2, 0.25) is 8.32 Å². The Bertz CT molecular complexity index is 935. The van der Waals surface area contributed by atoms with Crippen molar-refractivity contribution in [1.82, 2.24) is 4.90 Å². The first-order chi connectivity index (χ1) is 15.4.